The first kappa shape index (κ1) is 15.9. The van der Waals surface area contributed by atoms with Crippen molar-refractivity contribution < 1.29 is 4.39 Å². The second-order valence-corrected chi connectivity index (χ2v) is 6.01. The van der Waals surface area contributed by atoms with Gasteiger partial charge in [0.1, 0.15) is 5.67 Å². The van der Waals surface area contributed by atoms with Crippen LogP contribution in [0.15, 0.2) is 0 Å². The van der Waals surface area contributed by atoms with Crippen LogP contribution in [-0.2, 0) is 0 Å². The van der Waals surface area contributed by atoms with Crippen molar-refractivity contribution in [3.05, 3.63) is 0 Å². The highest BCUT2D eigenvalue weighted by Crippen LogP contribution is 2.26. The summed E-state index contributed by atoms with van der Waals surface area (Å²) in [6.45, 7) is 3.72. The van der Waals surface area contributed by atoms with E-state index in [4.69, 9.17) is 0 Å². The largest absolute Gasteiger partial charge is 0.313 e. The number of rotatable bonds is 11. The molecule has 0 aliphatic carbocycles. The Balaban J connectivity index is 1.78. The Morgan fingerprint density at radius 1 is 0.889 bits per heavy atom. The Morgan fingerprint density at radius 3 is 1.94 bits per heavy atom. The molecule has 0 spiro atoms. The molecule has 0 aromatic rings. The average Bonchev–Trinajstić information content (AvgIpc) is 2.79. The van der Waals surface area contributed by atoms with Gasteiger partial charge in [-0.25, -0.2) is 4.39 Å². The second kappa shape index (κ2) is 9.77. The molecule has 1 saturated heterocycles. The summed E-state index contributed by atoms with van der Waals surface area (Å²) in [6.07, 6.45) is 14.8. The first-order valence-corrected chi connectivity index (χ1v) is 8.16. The van der Waals surface area contributed by atoms with Gasteiger partial charge >= 0.3 is 0 Å². The van der Waals surface area contributed by atoms with Gasteiger partial charge in [-0.05, 0) is 19.4 Å². The smallest absolute Gasteiger partial charge is 0.124 e. The first-order chi connectivity index (χ1) is 8.77. The fourth-order valence-electron chi connectivity index (χ4n) is 2.86. The van der Waals surface area contributed by atoms with Gasteiger partial charge < -0.3 is 5.32 Å². The standard InChI is InChI=1S/C16H32FN/c1-2-3-4-5-6-7-8-9-10-11-12-16(17)13-14-18-15-16/h18H,2-15H2,1H3. The van der Waals surface area contributed by atoms with E-state index in [0.717, 1.165) is 25.8 Å². The van der Waals surface area contributed by atoms with Crippen LogP contribution in [0, 0.1) is 0 Å². The molecule has 0 amide bonds. The zero-order chi connectivity index (χ0) is 13.1. The third-order valence-electron chi connectivity index (χ3n) is 4.17. The van der Waals surface area contributed by atoms with Crippen LogP contribution in [0.4, 0.5) is 4.39 Å². The monoisotopic (exact) mass is 257 g/mol. The number of hydrogen-bond acceptors (Lipinski definition) is 1. The lowest BCUT2D eigenvalue weighted by atomic mass is 9.96. The number of alkyl halides is 1. The maximum Gasteiger partial charge on any atom is 0.124 e. The molecule has 1 aliphatic rings. The molecule has 1 unspecified atom stereocenters. The van der Waals surface area contributed by atoms with Gasteiger partial charge in [0, 0.05) is 6.54 Å². The van der Waals surface area contributed by atoms with Gasteiger partial charge in [-0.3, -0.25) is 0 Å². The van der Waals surface area contributed by atoms with E-state index in [0.29, 0.717) is 6.54 Å². The Kier molecular flexibility index (Phi) is 8.66. The van der Waals surface area contributed by atoms with Gasteiger partial charge in [-0.15, -0.1) is 0 Å². The van der Waals surface area contributed by atoms with Gasteiger partial charge in [-0.2, -0.15) is 0 Å². The summed E-state index contributed by atoms with van der Waals surface area (Å²) in [5.74, 6) is 0. The molecule has 1 aliphatic heterocycles. The summed E-state index contributed by atoms with van der Waals surface area (Å²) in [4.78, 5) is 0. The van der Waals surface area contributed by atoms with E-state index in [2.05, 4.69) is 12.2 Å². The van der Waals surface area contributed by atoms with Crippen molar-refractivity contribution in [3.63, 3.8) is 0 Å². The minimum Gasteiger partial charge on any atom is -0.313 e. The van der Waals surface area contributed by atoms with Crippen LogP contribution in [0.25, 0.3) is 0 Å². The number of nitrogens with one attached hydrogen (secondary N) is 1. The Labute approximate surface area is 113 Å². The fraction of sp³-hybridized carbons (Fsp3) is 1.00. The van der Waals surface area contributed by atoms with Crippen molar-refractivity contribution in [1.82, 2.24) is 5.32 Å². The Hall–Kier alpha value is -0.110. The predicted molar refractivity (Wildman–Crippen MR) is 77.8 cm³/mol. The third-order valence-corrected chi connectivity index (χ3v) is 4.17. The molecular formula is C16H32FN. The van der Waals surface area contributed by atoms with E-state index in [9.17, 15) is 4.39 Å². The summed E-state index contributed by atoms with van der Waals surface area (Å²) in [5.41, 5.74) is -0.875. The molecule has 1 rings (SSSR count). The molecule has 1 heterocycles. The highest BCUT2D eigenvalue weighted by Gasteiger charge is 2.32. The van der Waals surface area contributed by atoms with E-state index in [-0.39, 0.29) is 0 Å². The topological polar surface area (TPSA) is 12.0 Å². The predicted octanol–water partition coefficient (Wildman–Crippen LogP) is 5.00. The van der Waals surface area contributed by atoms with Crippen molar-refractivity contribution in [2.24, 2.45) is 0 Å². The van der Waals surface area contributed by atoms with Gasteiger partial charge in [0.2, 0.25) is 0 Å². The summed E-state index contributed by atoms with van der Waals surface area (Å²) in [6, 6.07) is 0. The zero-order valence-electron chi connectivity index (χ0n) is 12.3. The van der Waals surface area contributed by atoms with Crippen LogP contribution in [-0.4, -0.2) is 18.8 Å². The van der Waals surface area contributed by atoms with E-state index < -0.39 is 5.67 Å². The van der Waals surface area contributed by atoms with Gasteiger partial charge in [0.05, 0.1) is 0 Å². The zero-order valence-corrected chi connectivity index (χ0v) is 12.3. The van der Waals surface area contributed by atoms with Gasteiger partial charge in [-0.1, -0.05) is 71.1 Å². The average molecular weight is 257 g/mol. The molecule has 0 radical (unpaired) electrons. The van der Waals surface area contributed by atoms with E-state index in [1.54, 1.807) is 0 Å². The minimum atomic E-state index is -0.875. The number of unbranched alkanes of at least 4 members (excludes halogenated alkanes) is 9. The minimum absolute atomic E-state index is 0.588. The van der Waals surface area contributed by atoms with Crippen LogP contribution in [0.5, 0.6) is 0 Å². The van der Waals surface area contributed by atoms with Crippen molar-refractivity contribution in [3.8, 4) is 0 Å². The first-order valence-electron chi connectivity index (χ1n) is 8.16. The maximum absolute atomic E-state index is 14.0. The van der Waals surface area contributed by atoms with E-state index in [1.807, 2.05) is 0 Å². The lowest BCUT2D eigenvalue weighted by Crippen LogP contribution is -2.25. The summed E-state index contributed by atoms with van der Waals surface area (Å²) in [5, 5.41) is 3.12. The Morgan fingerprint density at radius 2 is 1.44 bits per heavy atom. The summed E-state index contributed by atoms with van der Waals surface area (Å²) >= 11 is 0. The lowest BCUT2D eigenvalue weighted by Gasteiger charge is -2.17. The van der Waals surface area contributed by atoms with Crippen LogP contribution in [0.3, 0.4) is 0 Å². The molecule has 0 saturated carbocycles. The van der Waals surface area contributed by atoms with Crippen molar-refractivity contribution >= 4 is 0 Å². The normalized spacial score (nSPS) is 23.7. The molecule has 108 valence electrons. The van der Waals surface area contributed by atoms with Crippen molar-refractivity contribution in [2.75, 3.05) is 13.1 Å². The molecular weight excluding hydrogens is 225 g/mol. The van der Waals surface area contributed by atoms with E-state index >= 15 is 0 Å². The fourth-order valence-corrected chi connectivity index (χ4v) is 2.86. The number of halogens is 1. The van der Waals surface area contributed by atoms with Crippen LogP contribution in [0.1, 0.15) is 84.0 Å². The quantitative estimate of drug-likeness (QED) is 0.514. The molecule has 1 atom stereocenters. The van der Waals surface area contributed by atoms with Crippen molar-refractivity contribution in [2.45, 2.75) is 89.6 Å². The SMILES string of the molecule is CCCCCCCCCCCCC1(F)CCNC1. The molecule has 1 nitrogen and oxygen atoms in total. The second-order valence-electron chi connectivity index (χ2n) is 6.01. The van der Waals surface area contributed by atoms with Gasteiger partial charge in [0.25, 0.3) is 0 Å². The highest BCUT2D eigenvalue weighted by atomic mass is 19.1. The third kappa shape index (κ3) is 7.35. The lowest BCUT2D eigenvalue weighted by molar-refractivity contribution is 0.170. The summed E-state index contributed by atoms with van der Waals surface area (Å²) < 4.78 is 14.0. The Bertz CT molecular complexity index is 188. The van der Waals surface area contributed by atoms with Gasteiger partial charge in [0.15, 0.2) is 0 Å². The highest BCUT2D eigenvalue weighted by molar-refractivity contribution is 4.87. The van der Waals surface area contributed by atoms with E-state index in [1.165, 1.54) is 57.8 Å². The molecule has 1 fully saturated rings. The molecule has 0 aromatic heterocycles. The molecule has 0 bridgehead atoms. The molecule has 2 heteroatoms. The van der Waals surface area contributed by atoms with Crippen LogP contribution >= 0.6 is 0 Å². The van der Waals surface area contributed by atoms with Crippen molar-refractivity contribution in [1.29, 1.82) is 0 Å². The molecule has 1 N–H and O–H groups in total. The summed E-state index contributed by atoms with van der Waals surface area (Å²) in [7, 11) is 0. The maximum atomic E-state index is 14.0. The molecule has 0 aromatic carbocycles. The number of hydrogen-bond donors (Lipinski definition) is 1. The van der Waals surface area contributed by atoms with Crippen LogP contribution in [0.2, 0.25) is 0 Å². The van der Waals surface area contributed by atoms with Crippen LogP contribution < -0.4 is 5.32 Å². The molecule has 18 heavy (non-hydrogen) atoms.